The molecule has 0 unspecified atom stereocenters. The highest BCUT2D eigenvalue weighted by atomic mass is 79.9. The molecule has 14 heavy (non-hydrogen) atoms. The van der Waals surface area contributed by atoms with Crippen LogP contribution in [-0.4, -0.2) is 11.9 Å². The third-order valence-corrected chi connectivity index (χ3v) is 2.01. The molecule has 0 amide bonds. The molecule has 0 aliphatic carbocycles. The van der Waals surface area contributed by atoms with Crippen molar-refractivity contribution in [3.8, 4) is 5.75 Å². The van der Waals surface area contributed by atoms with Gasteiger partial charge in [-0.1, -0.05) is 15.9 Å². The van der Waals surface area contributed by atoms with Gasteiger partial charge in [0.1, 0.15) is 11.4 Å². The van der Waals surface area contributed by atoms with Gasteiger partial charge in [-0.05, 0) is 39.0 Å². The molecule has 0 aliphatic rings. The van der Waals surface area contributed by atoms with Crippen LogP contribution in [-0.2, 0) is 0 Å². The van der Waals surface area contributed by atoms with Gasteiger partial charge in [0.25, 0.3) is 0 Å². The zero-order valence-corrected chi connectivity index (χ0v) is 10.1. The molecule has 0 saturated carbocycles. The van der Waals surface area contributed by atoms with Gasteiger partial charge in [0.2, 0.25) is 0 Å². The summed E-state index contributed by atoms with van der Waals surface area (Å²) >= 11 is 3.30. The fourth-order valence-electron chi connectivity index (χ4n) is 1.03. The molecule has 0 radical (unpaired) electrons. The Morgan fingerprint density at radius 1 is 1.36 bits per heavy atom. The van der Waals surface area contributed by atoms with Crippen molar-refractivity contribution in [2.75, 3.05) is 0 Å². The van der Waals surface area contributed by atoms with Crippen molar-refractivity contribution in [2.45, 2.75) is 26.4 Å². The molecule has 0 heterocycles. The molecule has 0 bridgehead atoms. The Kier molecular flexibility index (Phi) is 3.32. The molecule has 0 fully saturated rings. The summed E-state index contributed by atoms with van der Waals surface area (Å²) in [5.74, 6) is 0.621. The van der Waals surface area contributed by atoms with E-state index in [2.05, 4.69) is 15.9 Å². The maximum atomic E-state index is 10.8. The first-order valence-corrected chi connectivity index (χ1v) is 5.15. The number of rotatable bonds is 2. The average Bonchev–Trinajstić information content (AvgIpc) is 2.06. The lowest BCUT2D eigenvalue weighted by molar-refractivity contribution is 0.109. The van der Waals surface area contributed by atoms with Crippen molar-refractivity contribution in [3.63, 3.8) is 0 Å². The van der Waals surface area contributed by atoms with Gasteiger partial charge in [-0.25, -0.2) is 0 Å². The molecule has 0 atom stereocenters. The van der Waals surface area contributed by atoms with Gasteiger partial charge in [-0.2, -0.15) is 0 Å². The summed E-state index contributed by atoms with van der Waals surface area (Å²) in [7, 11) is 0. The second-order valence-corrected chi connectivity index (χ2v) is 4.93. The Morgan fingerprint density at radius 3 is 2.50 bits per heavy atom. The minimum atomic E-state index is -0.286. The Morgan fingerprint density at radius 2 is 2.00 bits per heavy atom. The maximum absolute atomic E-state index is 10.8. The van der Waals surface area contributed by atoms with Gasteiger partial charge in [0.15, 0.2) is 6.29 Å². The van der Waals surface area contributed by atoms with Crippen LogP contribution in [0.5, 0.6) is 5.75 Å². The number of carbonyl (C=O) groups is 1. The molecule has 0 aliphatic heterocycles. The highest BCUT2D eigenvalue weighted by molar-refractivity contribution is 9.10. The normalized spacial score (nSPS) is 11.1. The number of ether oxygens (including phenoxy) is 1. The van der Waals surface area contributed by atoms with Crippen LogP contribution in [0.3, 0.4) is 0 Å². The summed E-state index contributed by atoms with van der Waals surface area (Å²) in [4.78, 5) is 10.8. The van der Waals surface area contributed by atoms with E-state index in [-0.39, 0.29) is 5.60 Å². The standard InChI is InChI=1S/C11H13BrO2/c1-11(2,3)14-10-5-4-9(12)6-8(10)7-13/h4-7H,1-3H3. The topological polar surface area (TPSA) is 26.3 Å². The van der Waals surface area contributed by atoms with Crippen LogP contribution in [0.2, 0.25) is 0 Å². The van der Waals surface area contributed by atoms with Crippen molar-refractivity contribution < 1.29 is 9.53 Å². The Hall–Kier alpha value is -0.830. The van der Waals surface area contributed by atoms with E-state index in [1.165, 1.54) is 0 Å². The monoisotopic (exact) mass is 256 g/mol. The van der Waals surface area contributed by atoms with Crippen molar-refractivity contribution in [1.29, 1.82) is 0 Å². The SMILES string of the molecule is CC(C)(C)Oc1ccc(Br)cc1C=O. The fraction of sp³-hybridized carbons (Fsp3) is 0.364. The van der Waals surface area contributed by atoms with Gasteiger partial charge in [-0.15, -0.1) is 0 Å². The van der Waals surface area contributed by atoms with E-state index in [0.29, 0.717) is 11.3 Å². The van der Waals surface area contributed by atoms with Crippen molar-refractivity contribution in [3.05, 3.63) is 28.2 Å². The fourth-order valence-corrected chi connectivity index (χ4v) is 1.41. The third-order valence-electron chi connectivity index (χ3n) is 1.51. The number of hydrogen-bond donors (Lipinski definition) is 0. The van der Waals surface area contributed by atoms with E-state index >= 15 is 0 Å². The number of hydrogen-bond acceptors (Lipinski definition) is 2. The minimum Gasteiger partial charge on any atom is -0.487 e. The van der Waals surface area contributed by atoms with Crippen LogP contribution in [0.4, 0.5) is 0 Å². The van der Waals surface area contributed by atoms with Crippen LogP contribution in [0.1, 0.15) is 31.1 Å². The van der Waals surface area contributed by atoms with Gasteiger partial charge >= 0.3 is 0 Å². The van der Waals surface area contributed by atoms with Crippen molar-refractivity contribution in [2.24, 2.45) is 0 Å². The molecule has 76 valence electrons. The Bertz CT molecular complexity index is 340. The first-order chi connectivity index (χ1) is 6.42. The highest BCUT2D eigenvalue weighted by Crippen LogP contribution is 2.25. The van der Waals surface area contributed by atoms with E-state index in [1.807, 2.05) is 26.8 Å². The predicted octanol–water partition coefficient (Wildman–Crippen LogP) is 3.44. The molecule has 0 saturated heterocycles. The van der Waals surface area contributed by atoms with E-state index in [9.17, 15) is 4.79 Å². The van der Waals surface area contributed by atoms with E-state index in [4.69, 9.17) is 4.74 Å². The smallest absolute Gasteiger partial charge is 0.153 e. The van der Waals surface area contributed by atoms with Gasteiger partial charge < -0.3 is 4.74 Å². The quantitative estimate of drug-likeness (QED) is 0.758. The lowest BCUT2D eigenvalue weighted by Gasteiger charge is -2.22. The van der Waals surface area contributed by atoms with Crippen LogP contribution in [0, 0.1) is 0 Å². The summed E-state index contributed by atoms with van der Waals surface area (Å²) in [6.45, 7) is 5.84. The molecule has 3 heteroatoms. The van der Waals surface area contributed by atoms with Crippen molar-refractivity contribution in [1.82, 2.24) is 0 Å². The van der Waals surface area contributed by atoms with Crippen molar-refractivity contribution >= 4 is 22.2 Å². The molecule has 0 aromatic heterocycles. The maximum Gasteiger partial charge on any atom is 0.153 e. The Labute approximate surface area is 92.4 Å². The van der Waals surface area contributed by atoms with E-state index < -0.39 is 0 Å². The molecular formula is C11H13BrO2. The molecule has 0 spiro atoms. The summed E-state index contributed by atoms with van der Waals surface area (Å²) in [5, 5.41) is 0. The number of halogens is 1. The van der Waals surface area contributed by atoms with Crippen LogP contribution < -0.4 is 4.74 Å². The number of carbonyl (C=O) groups excluding carboxylic acids is 1. The van der Waals surface area contributed by atoms with Crippen LogP contribution in [0.15, 0.2) is 22.7 Å². The first kappa shape index (κ1) is 11.2. The summed E-state index contributed by atoms with van der Waals surface area (Å²) in [5.41, 5.74) is 0.278. The Balaban J connectivity index is 3.03. The highest BCUT2D eigenvalue weighted by Gasteiger charge is 2.14. The molecule has 1 rings (SSSR count). The zero-order chi connectivity index (χ0) is 10.8. The molecule has 0 N–H and O–H groups in total. The molecular weight excluding hydrogens is 244 g/mol. The first-order valence-electron chi connectivity index (χ1n) is 4.36. The second kappa shape index (κ2) is 4.13. The minimum absolute atomic E-state index is 0.286. The number of benzene rings is 1. The molecule has 2 nitrogen and oxygen atoms in total. The van der Waals surface area contributed by atoms with E-state index in [0.717, 1.165) is 10.8 Å². The molecule has 1 aromatic rings. The van der Waals surface area contributed by atoms with Gasteiger partial charge in [0, 0.05) is 4.47 Å². The third kappa shape index (κ3) is 3.14. The largest absolute Gasteiger partial charge is 0.487 e. The van der Waals surface area contributed by atoms with E-state index in [1.54, 1.807) is 12.1 Å². The lowest BCUT2D eigenvalue weighted by atomic mass is 10.1. The van der Waals surface area contributed by atoms with Gasteiger partial charge in [-0.3, -0.25) is 4.79 Å². The van der Waals surface area contributed by atoms with Crippen LogP contribution >= 0.6 is 15.9 Å². The second-order valence-electron chi connectivity index (χ2n) is 4.01. The summed E-state index contributed by atoms with van der Waals surface area (Å²) in [6.07, 6.45) is 0.797. The zero-order valence-electron chi connectivity index (χ0n) is 8.50. The summed E-state index contributed by atoms with van der Waals surface area (Å²) in [6, 6.07) is 5.39. The average molecular weight is 257 g/mol. The predicted molar refractivity (Wildman–Crippen MR) is 59.9 cm³/mol. The van der Waals surface area contributed by atoms with Crippen LogP contribution in [0.25, 0.3) is 0 Å². The lowest BCUT2D eigenvalue weighted by Crippen LogP contribution is -2.23. The summed E-state index contributed by atoms with van der Waals surface area (Å²) < 4.78 is 6.50. The van der Waals surface area contributed by atoms with Gasteiger partial charge in [0.05, 0.1) is 5.56 Å². The number of aldehydes is 1. The molecule has 1 aromatic carbocycles.